The molecule has 2 aliphatic rings. The van der Waals surface area contributed by atoms with E-state index in [1.165, 1.54) is 24.1 Å². The highest BCUT2D eigenvalue weighted by atomic mass is 32.1. The van der Waals surface area contributed by atoms with Crippen LogP contribution in [0.5, 0.6) is 0 Å². The molecular formula is C16H25NS. The van der Waals surface area contributed by atoms with Crippen molar-refractivity contribution in [2.45, 2.75) is 59.0 Å². The van der Waals surface area contributed by atoms with Crippen LogP contribution in [-0.4, -0.2) is 6.04 Å². The van der Waals surface area contributed by atoms with Crippen LogP contribution in [0.1, 0.15) is 57.9 Å². The number of nitrogens with one attached hydrogen (secondary N) is 1. The van der Waals surface area contributed by atoms with Crippen molar-refractivity contribution < 1.29 is 0 Å². The van der Waals surface area contributed by atoms with E-state index < -0.39 is 0 Å². The minimum Gasteiger partial charge on any atom is -0.306 e. The fraction of sp³-hybridized carbons (Fsp3) is 0.750. The number of hydrogen-bond acceptors (Lipinski definition) is 2. The first-order valence-electron chi connectivity index (χ1n) is 7.24. The van der Waals surface area contributed by atoms with Crippen molar-refractivity contribution in [1.29, 1.82) is 0 Å². The molecule has 2 bridgehead atoms. The summed E-state index contributed by atoms with van der Waals surface area (Å²) >= 11 is 1.87. The van der Waals surface area contributed by atoms with Gasteiger partial charge in [0.25, 0.3) is 0 Å². The van der Waals surface area contributed by atoms with E-state index in [1.807, 2.05) is 11.3 Å². The Balaban J connectivity index is 1.76. The van der Waals surface area contributed by atoms with Crippen LogP contribution < -0.4 is 5.32 Å². The summed E-state index contributed by atoms with van der Waals surface area (Å²) in [7, 11) is 0. The average Bonchev–Trinajstić information content (AvgIpc) is 2.95. The maximum atomic E-state index is 3.92. The quantitative estimate of drug-likeness (QED) is 0.839. The summed E-state index contributed by atoms with van der Waals surface area (Å²) in [6, 6.07) is 5.61. The Hall–Kier alpha value is -0.340. The molecule has 4 atom stereocenters. The second kappa shape index (κ2) is 4.08. The summed E-state index contributed by atoms with van der Waals surface area (Å²) in [5.74, 6) is 0.926. The zero-order chi connectivity index (χ0) is 13.0. The SMILES string of the molecule is C[C@H](NC1CC2CCC1(C)C2(C)C)c1cccs1. The van der Waals surface area contributed by atoms with Crippen molar-refractivity contribution in [3.63, 3.8) is 0 Å². The summed E-state index contributed by atoms with van der Waals surface area (Å²) in [6.07, 6.45) is 4.22. The van der Waals surface area contributed by atoms with Crippen molar-refractivity contribution in [1.82, 2.24) is 5.32 Å². The van der Waals surface area contributed by atoms with Gasteiger partial charge in [-0.3, -0.25) is 0 Å². The maximum Gasteiger partial charge on any atom is 0.0388 e. The summed E-state index contributed by atoms with van der Waals surface area (Å²) in [4.78, 5) is 1.47. The van der Waals surface area contributed by atoms with E-state index in [0.717, 1.165) is 5.92 Å². The lowest BCUT2D eigenvalue weighted by Gasteiger charge is -2.40. The number of hydrogen-bond donors (Lipinski definition) is 1. The van der Waals surface area contributed by atoms with E-state index in [-0.39, 0.29) is 0 Å². The van der Waals surface area contributed by atoms with Crippen molar-refractivity contribution in [3.05, 3.63) is 22.4 Å². The zero-order valence-electron chi connectivity index (χ0n) is 12.0. The second-order valence-corrected chi connectivity index (χ2v) is 8.05. The van der Waals surface area contributed by atoms with Gasteiger partial charge in [-0.1, -0.05) is 26.8 Å². The predicted octanol–water partition coefficient (Wildman–Crippen LogP) is 4.61. The lowest BCUT2D eigenvalue weighted by molar-refractivity contribution is 0.116. The first-order valence-corrected chi connectivity index (χ1v) is 8.12. The van der Waals surface area contributed by atoms with Crippen LogP contribution in [0.25, 0.3) is 0 Å². The normalized spacial score (nSPS) is 39.1. The molecule has 0 amide bonds. The van der Waals surface area contributed by atoms with Crippen LogP contribution in [0.4, 0.5) is 0 Å². The lowest BCUT2D eigenvalue weighted by atomic mass is 9.69. The van der Waals surface area contributed by atoms with E-state index >= 15 is 0 Å². The zero-order valence-corrected chi connectivity index (χ0v) is 12.8. The molecule has 0 aliphatic heterocycles. The van der Waals surface area contributed by atoms with E-state index in [9.17, 15) is 0 Å². The Morgan fingerprint density at radius 3 is 2.67 bits per heavy atom. The van der Waals surface area contributed by atoms with Gasteiger partial charge in [0, 0.05) is 17.0 Å². The van der Waals surface area contributed by atoms with Gasteiger partial charge in [0.15, 0.2) is 0 Å². The van der Waals surface area contributed by atoms with Crippen molar-refractivity contribution >= 4 is 11.3 Å². The molecule has 0 radical (unpaired) electrons. The van der Waals surface area contributed by atoms with Crippen molar-refractivity contribution in [2.75, 3.05) is 0 Å². The van der Waals surface area contributed by atoms with E-state index in [4.69, 9.17) is 0 Å². The first-order chi connectivity index (χ1) is 8.45. The summed E-state index contributed by atoms with van der Waals surface area (Å²) in [6.45, 7) is 9.80. The van der Waals surface area contributed by atoms with Crippen molar-refractivity contribution in [3.8, 4) is 0 Å². The highest BCUT2D eigenvalue weighted by Gasteiger charge is 2.61. The topological polar surface area (TPSA) is 12.0 Å². The third-order valence-electron chi connectivity index (χ3n) is 6.22. The van der Waals surface area contributed by atoms with E-state index in [1.54, 1.807) is 0 Å². The summed E-state index contributed by atoms with van der Waals surface area (Å²) in [5, 5.41) is 6.10. The van der Waals surface area contributed by atoms with E-state index in [0.29, 0.717) is 22.9 Å². The van der Waals surface area contributed by atoms with Gasteiger partial charge in [-0.25, -0.2) is 0 Å². The minimum atomic E-state index is 0.489. The van der Waals surface area contributed by atoms with Gasteiger partial charge in [0.1, 0.15) is 0 Å². The monoisotopic (exact) mass is 263 g/mol. The molecule has 2 saturated carbocycles. The number of thiophene rings is 1. The molecule has 1 aromatic rings. The molecular weight excluding hydrogens is 238 g/mol. The standard InChI is InChI=1S/C16H25NS/c1-11(13-6-5-9-18-13)17-14-10-12-7-8-16(14,4)15(12,2)3/h5-6,9,11-12,14,17H,7-8,10H2,1-4H3/t11-,12?,14?,16?/m0/s1. The molecule has 1 nitrogen and oxygen atoms in total. The van der Waals surface area contributed by atoms with Gasteiger partial charge in [0.2, 0.25) is 0 Å². The third-order valence-corrected chi connectivity index (χ3v) is 7.27. The van der Waals surface area contributed by atoms with Gasteiger partial charge >= 0.3 is 0 Å². The van der Waals surface area contributed by atoms with Crippen molar-refractivity contribution in [2.24, 2.45) is 16.7 Å². The average molecular weight is 263 g/mol. The Labute approximate surface area is 115 Å². The molecule has 3 rings (SSSR count). The smallest absolute Gasteiger partial charge is 0.0388 e. The molecule has 18 heavy (non-hydrogen) atoms. The predicted molar refractivity (Wildman–Crippen MR) is 78.9 cm³/mol. The molecule has 2 aliphatic carbocycles. The molecule has 0 aromatic carbocycles. The van der Waals surface area contributed by atoms with Crippen LogP contribution in [-0.2, 0) is 0 Å². The number of fused-ring (bicyclic) bond motifs is 2. The first kappa shape index (κ1) is 12.7. The molecule has 1 heterocycles. The van der Waals surface area contributed by atoms with Gasteiger partial charge in [-0.2, -0.15) is 0 Å². The molecule has 2 fully saturated rings. The molecule has 0 saturated heterocycles. The van der Waals surface area contributed by atoms with Crippen LogP contribution in [0.15, 0.2) is 17.5 Å². The second-order valence-electron chi connectivity index (χ2n) is 7.07. The van der Waals surface area contributed by atoms with Gasteiger partial charge in [0.05, 0.1) is 0 Å². The third kappa shape index (κ3) is 1.61. The highest BCUT2D eigenvalue weighted by Crippen LogP contribution is 2.65. The Bertz CT molecular complexity index is 422. The molecule has 0 spiro atoms. The fourth-order valence-corrected chi connectivity index (χ4v) is 5.12. The van der Waals surface area contributed by atoms with Gasteiger partial charge in [-0.05, 0) is 54.4 Å². The number of rotatable bonds is 3. The maximum absolute atomic E-state index is 3.92. The van der Waals surface area contributed by atoms with Crippen LogP contribution in [0.3, 0.4) is 0 Å². The molecule has 1 N–H and O–H groups in total. The lowest BCUT2D eigenvalue weighted by Crippen LogP contribution is -2.45. The highest BCUT2D eigenvalue weighted by molar-refractivity contribution is 7.10. The minimum absolute atomic E-state index is 0.489. The summed E-state index contributed by atoms with van der Waals surface area (Å²) < 4.78 is 0. The Morgan fingerprint density at radius 2 is 2.17 bits per heavy atom. The van der Waals surface area contributed by atoms with Crippen LogP contribution >= 0.6 is 11.3 Å². The van der Waals surface area contributed by atoms with Crippen LogP contribution in [0, 0.1) is 16.7 Å². The van der Waals surface area contributed by atoms with E-state index in [2.05, 4.69) is 50.5 Å². The fourth-order valence-electron chi connectivity index (χ4n) is 4.38. The van der Waals surface area contributed by atoms with Crippen LogP contribution in [0.2, 0.25) is 0 Å². The largest absolute Gasteiger partial charge is 0.306 e. The van der Waals surface area contributed by atoms with Gasteiger partial charge < -0.3 is 5.32 Å². The summed E-state index contributed by atoms with van der Waals surface area (Å²) in [5.41, 5.74) is 1.00. The van der Waals surface area contributed by atoms with Gasteiger partial charge in [-0.15, -0.1) is 11.3 Å². The molecule has 3 unspecified atom stereocenters. The molecule has 2 heteroatoms. The Morgan fingerprint density at radius 1 is 1.39 bits per heavy atom. The molecule has 1 aromatic heterocycles. The molecule has 100 valence electrons. The Kier molecular flexibility index (Phi) is 2.87.